The van der Waals surface area contributed by atoms with E-state index in [0.717, 1.165) is 6.67 Å². The van der Waals surface area contributed by atoms with Crippen LogP contribution >= 0.6 is 0 Å². The molecule has 3 heteroatoms. The monoisotopic (exact) mass is 329 g/mol. The molecular weight excluding hydrogens is 306 g/mol. The van der Waals surface area contributed by atoms with Crippen molar-refractivity contribution in [3.8, 4) is 11.1 Å². The van der Waals surface area contributed by atoms with Gasteiger partial charge in [-0.15, -0.1) is 0 Å². The molecule has 0 spiro atoms. The minimum atomic E-state index is 0.530. The number of benzene rings is 2. The van der Waals surface area contributed by atoms with Gasteiger partial charge in [-0.2, -0.15) is 0 Å². The molecule has 0 fully saturated rings. The molecule has 0 radical (unpaired) electrons. The molecule has 0 bridgehead atoms. The van der Waals surface area contributed by atoms with E-state index in [2.05, 4.69) is 90.3 Å². The van der Waals surface area contributed by atoms with Crippen molar-refractivity contribution in [3.05, 3.63) is 72.6 Å². The van der Waals surface area contributed by atoms with Crippen LogP contribution in [-0.4, -0.2) is 18.7 Å². The molecule has 1 aliphatic heterocycles. The molecule has 1 aliphatic rings. The second-order valence-corrected chi connectivity index (χ2v) is 6.96. The van der Waals surface area contributed by atoms with Crippen LogP contribution in [0.15, 0.2) is 67.0 Å². The van der Waals surface area contributed by atoms with Crippen LogP contribution in [0.5, 0.6) is 0 Å². The molecule has 0 saturated carbocycles. The number of hydrogen-bond donors (Lipinski definition) is 0. The molecule has 0 atom stereocenters. The van der Waals surface area contributed by atoms with Crippen LogP contribution in [0.3, 0.4) is 0 Å². The normalized spacial score (nSPS) is 13.4. The van der Waals surface area contributed by atoms with Crippen molar-refractivity contribution >= 4 is 17.1 Å². The van der Waals surface area contributed by atoms with Gasteiger partial charge in [0.2, 0.25) is 0 Å². The van der Waals surface area contributed by atoms with Crippen LogP contribution in [0.2, 0.25) is 0 Å². The lowest BCUT2D eigenvalue weighted by atomic mass is 10.0. The van der Waals surface area contributed by atoms with E-state index in [0.29, 0.717) is 5.92 Å². The van der Waals surface area contributed by atoms with Gasteiger partial charge in [-0.25, -0.2) is 0 Å². The summed E-state index contributed by atoms with van der Waals surface area (Å²) >= 11 is 0. The van der Waals surface area contributed by atoms with Crippen molar-refractivity contribution in [2.24, 2.45) is 0 Å². The Kier molecular flexibility index (Phi) is 3.92. The Morgan fingerprint density at radius 2 is 1.68 bits per heavy atom. The average Bonchev–Trinajstić information content (AvgIpc) is 2.99. The summed E-state index contributed by atoms with van der Waals surface area (Å²) in [6, 6.07) is 19.7. The van der Waals surface area contributed by atoms with Gasteiger partial charge in [0.25, 0.3) is 0 Å². The zero-order valence-corrected chi connectivity index (χ0v) is 15.0. The minimum Gasteiger partial charge on any atom is -0.355 e. The van der Waals surface area contributed by atoms with E-state index in [1.807, 2.05) is 12.4 Å². The van der Waals surface area contributed by atoms with E-state index < -0.39 is 0 Å². The highest BCUT2D eigenvalue weighted by Gasteiger charge is 2.25. The summed E-state index contributed by atoms with van der Waals surface area (Å²) in [5.74, 6) is 0.530. The molecule has 0 N–H and O–H groups in total. The van der Waals surface area contributed by atoms with Crippen LogP contribution in [0.4, 0.5) is 17.1 Å². The highest BCUT2D eigenvalue weighted by molar-refractivity contribution is 5.86. The second kappa shape index (κ2) is 6.25. The fraction of sp³-hybridized carbons (Fsp3) is 0.227. The maximum absolute atomic E-state index is 4.13. The van der Waals surface area contributed by atoms with E-state index in [4.69, 9.17) is 0 Å². The van der Waals surface area contributed by atoms with Crippen molar-refractivity contribution in [2.75, 3.05) is 23.5 Å². The zero-order chi connectivity index (χ0) is 17.4. The van der Waals surface area contributed by atoms with Crippen molar-refractivity contribution in [3.63, 3.8) is 0 Å². The Hall–Kier alpha value is -2.81. The lowest BCUT2D eigenvalue weighted by molar-refractivity contribution is 0.863. The summed E-state index contributed by atoms with van der Waals surface area (Å²) in [7, 11) is 2.15. The van der Waals surface area contributed by atoms with Gasteiger partial charge in [0, 0.05) is 25.1 Å². The molecule has 3 nitrogen and oxygen atoms in total. The molecule has 4 rings (SSSR count). The van der Waals surface area contributed by atoms with Crippen LogP contribution in [-0.2, 0) is 0 Å². The third-order valence-corrected chi connectivity index (χ3v) is 4.89. The van der Waals surface area contributed by atoms with Gasteiger partial charge in [-0.05, 0) is 59.0 Å². The van der Waals surface area contributed by atoms with Gasteiger partial charge < -0.3 is 9.80 Å². The smallest absolute Gasteiger partial charge is 0.0950 e. The maximum Gasteiger partial charge on any atom is 0.0950 e. The minimum absolute atomic E-state index is 0.530. The third kappa shape index (κ3) is 2.86. The summed E-state index contributed by atoms with van der Waals surface area (Å²) in [6.07, 6.45) is 3.69. The van der Waals surface area contributed by atoms with Gasteiger partial charge >= 0.3 is 0 Å². The molecule has 0 saturated heterocycles. The first-order valence-electron chi connectivity index (χ1n) is 8.76. The molecule has 126 valence electrons. The molecule has 25 heavy (non-hydrogen) atoms. The molecule has 0 unspecified atom stereocenters. The van der Waals surface area contributed by atoms with Crippen LogP contribution in [0, 0.1) is 0 Å². The fourth-order valence-electron chi connectivity index (χ4n) is 3.42. The lowest BCUT2D eigenvalue weighted by Gasteiger charge is -2.21. The SMILES string of the molecule is CC(C)c1cccc(N2CN(C)c3ccc(-c4ccncc4)cc32)c1. The Labute approximate surface area is 149 Å². The molecular formula is C22H23N3. The summed E-state index contributed by atoms with van der Waals surface area (Å²) in [5, 5.41) is 0. The van der Waals surface area contributed by atoms with E-state index in [1.165, 1.54) is 33.8 Å². The molecule has 3 aromatic rings. The predicted molar refractivity (Wildman–Crippen MR) is 106 cm³/mol. The number of fused-ring (bicyclic) bond motifs is 1. The van der Waals surface area contributed by atoms with Gasteiger partial charge in [0.1, 0.15) is 0 Å². The zero-order valence-electron chi connectivity index (χ0n) is 15.0. The quantitative estimate of drug-likeness (QED) is 0.640. The molecule has 1 aromatic heterocycles. The van der Waals surface area contributed by atoms with Crippen LogP contribution in [0.1, 0.15) is 25.3 Å². The molecule has 2 aromatic carbocycles. The first-order valence-corrected chi connectivity index (χ1v) is 8.76. The van der Waals surface area contributed by atoms with E-state index in [9.17, 15) is 0 Å². The third-order valence-electron chi connectivity index (χ3n) is 4.89. The summed E-state index contributed by atoms with van der Waals surface area (Å²) in [5.41, 5.74) is 7.58. The molecule has 2 heterocycles. The lowest BCUT2D eigenvalue weighted by Crippen LogP contribution is -2.24. The van der Waals surface area contributed by atoms with Crippen molar-refractivity contribution < 1.29 is 0 Å². The Morgan fingerprint density at radius 3 is 2.44 bits per heavy atom. The Morgan fingerprint density at radius 1 is 0.880 bits per heavy atom. The van der Waals surface area contributed by atoms with E-state index >= 15 is 0 Å². The number of pyridine rings is 1. The van der Waals surface area contributed by atoms with Gasteiger partial charge in [-0.3, -0.25) is 4.98 Å². The van der Waals surface area contributed by atoms with Gasteiger partial charge in [0.05, 0.1) is 18.0 Å². The van der Waals surface area contributed by atoms with Gasteiger partial charge in [0.15, 0.2) is 0 Å². The highest BCUT2D eigenvalue weighted by atomic mass is 15.4. The van der Waals surface area contributed by atoms with Gasteiger partial charge in [-0.1, -0.05) is 32.0 Å². The Balaban J connectivity index is 1.78. The van der Waals surface area contributed by atoms with E-state index in [-0.39, 0.29) is 0 Å². The first-order chi connectivity index (χ1) is 12.1. The summed E-state index contributed by atoms with van der Waals surface area (Å²) in [6.45, 7) is 5.35. The Bertz CT molecular complexity index is 887. The van der Waals surface area contributed by atoms with Crippen molar-refractivity contribution in [1.82, 2.24) is 4.98 Å². The van der Waals surface area contributed by atoms with Crippen molar-refractivity contribution in [2.45, 2.75) is 19.8 Å². The predicted octanol–water partition coefficient (Wildman–Crippen LogP) is 5.42. The topological polar surface area (TPSA) is 19.4 Å². The number of hydrogen-bond acceptors (Lipinski definition) is 3. The summed E-state index contributed by atoms with van der Waals surface area (Å²) in [4.78, 5) is 8.82. The van der Waals surface area contributed by atoms with Crippen LogP contribution < -0.4 is 9.80 Å². The summed E-state index contributed by atoms with van der Waals surface area (Å²) < 4.78 is 0. The number of aromatic nitrogens is 1. The average molecular weight is 329 g/mol. The first kappa shape index (κ1) is 15.7. The van der Waals surface area contributed by atoms with Crippen LogP contribution in [0.25, 0.3) is 11.1 Å². The number of rotatable bonds is 3. The van der Waals surface area contributed by atoms with Crippen molar-refractivity contribution in [1.29, 1.82) is 0 Å². The second-order valence-electron chi connectivity index (χ2n) is 6.96. The molecule has 0 aliphatic carbocycles. The van der Waals surface area contributed by atoms with E-state index in [1.54, 1.807) is 0 Å². The highest BCUT2D eigenvalue weighted by Crippen LogP contribution is 2.42. The maximum atomic E-state index is 4.13. The fourth-order valence-corrected chi connectivity index (χ4v) is 3.42. The number of anilines is 3. The number of nitrogens with zero attached hydrogens (tertiary/aromatic N) is 3. The standard InChI is InChI=1S/C22H23N3/c1-16(2)18-5-4-6-20(13-18)25-15-24(3)21-8-7-19(14-22(21)25)17-9-11-23-12-10-17/h4-14,16H,15H2,1-3H3. The molecule has 0 amide bonds. The largest absolute Gasteiger partial charge is 0.355 e.